The van der Waals surface area contributed by atoms with Gasteiger partial charge >= 0.3 is 0 Å². The van der Waals surface area contributed by atoms with Crippen LogP contribution in [-0.4, -0.2) is 25.5 Å². The van der Waals surface area contributed by atoms with Gasteiger partial charge in [0.25, 0.3) is 5.91 Å². The Kier molecular flexibility index (Phi) is 3.35. The quantitative estimate of drug-likeness (QED) is 0.627. The van der Waals surface area contributed by atoms with Crippen molar-refractivity contribution in [2.24, 2.45) is 5.73 Å². The van der Waals surface area contributed by atoms with Crippen LogP contribution >= 0.6 is 0 Å². The second kappa shape index (κ2) is 5.66. The third-order valence-electron chi connectivity index (χ3n) is 3.97. The third-order valence-corrected chi connectivity index (χ3v) is 3.97. The third kappa shape index (κ3) is 2.44. The van der Waals surface area contributed by atoms with E-state index >= 15 is 0 Å². The van der Waals surface area contributed by atoms with Crippen LogP contribution in [0.1, 0.15) is 16.1 Å². The number of carbonyl (C=O) groups excluding carboxylic acids is 1. The Morgan fingerprint density at radius 1 is 1.04 bits per heavy atom. The first kappa shape index (κ1) is 14.2. The number of hydrogen-bond acceptors (Lipinski definition) is 3. The maximum absolute atomic E-state index is 11.6. The second-order valence-corrected chi connectivity index (χ2v) is 5.54. The number of para-hydroxylation sites is 2. The molecule has 1 amide bonds. The number of amides is 1. The Balaban J connectivity index is 1.67. The molecule has 0 aliphatic rings. The van der Waals surface area contributed by atoms with E-state index in [1.807, 2.05) is 30.6 Å². The molecule has 4 aromatic rings. The first-order chi connectivity index (χ1) is 11.7. The van der Waals surface area contributed by atoms with E-state index in [9.17, 15) is 4.79 Å². The minimum atomic E-state index is -0.487. The highest BCUT2D eigenvalue weighted by atomic mass is 16.1. The molecule has 0 spiro atoms. The molecule has 0 unspecified atom stereocenters. The van der Waals surface area contributed by atoms with Gasteiger partial charge in [-0.2, -0.15) is 0 Å². The number of fused-ring (bicyclic) bond motifs is 1. The predicted octanol–water partition coefficient (Wildman–Crippen LogP) is 2.37. The molecule has 2 N–H and O–H groups in total. The van der Waals surface area contributed by atoms with Crippen molar-refractivity contribution in [1.29, 1.82) is 0 Å². The Labute approximate surface area is 138 Å². The van der Waals surface area contributed by atoms with Gasteiger partial charge in [0.05, 0.1) is 24.0 Å². The van der Waals surface area contributed by atoms with Gasteiger partial charge in [-0.05, 0) is 29.7 Å². The summed E-state index contributed by atoms with van der Waals surface area (Å²) in [5.74, 6) is -0.487. The van der Waals surface area contributed by atoms with Gasteiger partial charge < -0.3 is 10.3 Å². The molecule has 0 radical (unpaired) electrons. The van der Waals surface area contributed by atoms with Gasteiger partial charge in [0.1, 0.15) is 5.69 Å². The molecule has 0 bridgehead atoms. The fraction of sp³-hybridized carbons (Fsp3) is 0.0556. The molecule has 0 aliphatic heterocycles. The topological polar surface area (TPSA) is 78.7 Å². The number of aromatic nitrogens is 4. The zero-order valence-electron chi connectivity index (χ0n) is 12.8. The zero-order valence-corrected chi connectivity index (χ0v) is 12.8. The van der Waals surface area contributed by atoms with Gasteiger partial charge in [-0.1, -0.05) is 35.5 Å². The van der Waals surface area contributed by atoms with Crippen LogP contribution in [0.4, 0.5) is 0 Å². The molecule has 2 aromatic heterocycles. The van der Waals surface area contributed by atoms with Crippen LogP contribution in [0, 0.1) is 0 Å². The first-order valence-corrected chi connectivity index (χ1v) is 7.57. The zero-order chi connectivity index (χ0) is 16.5. The molecule has 2 heterocycles. The summed E-state index contributed by atoms with van der Waals surface area (Å²) in [4.78, 5) is 11.6. The summed E-state index contributed by atoms with van der Waals surface area (Å²) in [6.07, 6.45) is 3.84. The monoisotopic (exact) mass is 317 g/mol. The van der Waals surface area contributed by atoms with Crippen LogP contribution in [0.2, 0.25) is 0 Å². The minimum Gasteiger partial charge on any atom is -0.366 e. The highest BCUT2D eigenvalue weighted by Gasteiger charge is 2.11. The largest absolute Gasteiger partial charge is 0.366 e. The number of benzene rings is 2. The van der Waals surface area contributed by atoms with Crippen LogP contribution in [0.3, 0.4) is 0 Å². The molecule has 6 heteroatoms. The Bertz CT molecular complexity index is 1030. The molecule has 0 fully saturated rings. The van der Waals surface area contributed by atoms with Crippen molar-refractivity contribution in [2.45, 2.75) is 6.54 Å². The first-order valence-electron chi connectivity index (χ1n) is 7.57. The van der Waals surface area contributed by atoms with Crippen LogP contribution in [0.25, 0.3) is 16.6 Å². The summed E-state index contributed by atoms with van der Waals surface area (Å²) in [6, 6.07) is 17.3. The van der Waals surface area contributed by atoms with E-state index in [-0.39, 0.29) is 0 Å². The van der Waals surface area contributed by atoms with Gasteiger partial charge in [0.2, 0.25) is 0 Å². The smallest absolute Gasteiger partial charge is 0.250 e. The fourth-order valence-electron chi connectivity index (χ4n) is 2.82. The summed E-state index contributed by atoms with van der Waals surface area (Å²) >= 11 is 0. The number of carbonyl (C=O) groups is 1. The second-order valence-electron chi connectivity index (χ2n) is 5.54. The molecule has 118 valence electrons. The molecule has 0 saturated carbocycles. The standard InChI is InChI=1S/C18H15N5O/c19-18(24)15-6-2-4-8-17(15)23-12-14(20-21-23)11-22-10-9-13-5-1-3-7-16(13)22/h1-10,12H,11H2,(H2,19,24). The van der Waals surface area contributed by atoms with Gasteiger partial charge in [-0.15, -0.1) is 5.10 Å². The summed E-state index contributed by atoms with van der Waals surface area (Å²) in [6.45, 7) is 0.603. The maximum Gasteiger partial charge on any atom is 0.250 e. The van der Waals surface area contributed by atoms with E-state index in [4.69, 9.17) is 5.73 Å². The molecule has 0 atom stereocenters. The molecule has 2 aromatic carbocycles. The van der Waals surface area contributed by atoms with E-state index in [2.05, 4.69) is 33.1 Å². The Morgan fingerprint density at radius 2 is 1.83 bits per heavy atom. The average Bonchev–Trinajstić information content (AvgIpc) is 3.23. The molecule has 4 rings (SSSR count). The maximum atomic E-state index is 11.6. The fourth-order valence-corrected chi connectivity index (χ4v) is 2.82. The molecule has 0 aliphatic carbocycles. The normalized spacial score (nSPS) is 11.0. The number of rotatable bonds is 4. The van der Waals surface area contributed by atoms with Gasteiger partial charge in [-0.3, -0.25) is 4.79 Å². The Morgan fingerprint density at radius 3 is 2.71 bits per heavy atom. The van der Waals surface area contributed by atoms with Crippen LogP contribution in [-0.2, 0) is 6.54 Å². The lowest BCUT2D eigenvalue weighted by molar-refractivity contribution is 0.1000. The summed E-state index contributed by atoms with van der Waals surface area (Å²) in [7, 11) is 0. The van der Waals surface area contributed by atoms with Gasteiger partial charge in [0.15, 0.2) is 0 Å². The Hall–Kier alpha value is -3.41. The molecule has 6 nitrogen and oxygen atoms in total. The van der Waals surface area contributed by atoms with Crippen molar-refractivity contribution in [2.75, 3.05) is 0 Å². The molecular formula is C18H15N5O. The van der Waals surface area contributed by atoms with Crippen molar-refractivity contribution in [3.05, 3.63) is 78.2 Å². The van der Waals surface area contributed by atoms with Crippen LogP contribution < -0.4 is 5.73 Å². The van der Waals surface area contributed by atoms with Crippen molar-refractivity contribution in [3.63, 3.8) is 0 Å². The lowest BCUT2D eigenvalue weighted by Crippen LogP contribution is -2.14. The summed E-state index contributed by atoms with van der Waals surface area (Å²) < 4.78 is 3.70. The van der Waals surface area contributed by atoms with E-state index < -0.39 is 5.91 Å². The van der Waals surface area contributed by atoms with Crippen molar-refractivity contribution in [3.8, 4) is 5.69 Å². The lowest BCUT2D eigenvalue weighted by Gasteiger charge is -2.05. The van der Waals surface area contributed by atoms with Gasteiger partial charge in [-0.25, -0.2) is 4.68 Å². The predicted molar refractivity (Wildman–Crippen MR) is 90.9 cm³/mol. The molecule has 24 heavy (non-hydrogen) atoms. The van der Waals surface area contributed by atoms with E-state index in [0.29, 0.717) is 17.8 Å². The lowest BCUT2D eigenvalue weighted by atomic mass is 10.1. The summed E-state index contributed by atoms with van der Waals surface area (Å²) in [5.41, 5.74) is 8.41. The SMILES string of the molecule is NC(=O)c1ccccc1-n1cc(Cn2ccc3ccccc32)nn1. The van der Waals surface area contributed by atoms with Crippen LogP contribution in [0.5, 0.6) is 0 Å². The molecular weight excluding hydrogens is 302 g/mol. The van der Waals surface area contributed by atoms with Gasteiger partial charge in [0, 0.05) is 11.7 Å². The number of nitrogens with two attached hydrogens (primary N) is 1. The number of primary amides is 1. The number of hydrogen-bond donors (Lipinski definition) is 1. The van der Waals surface area contributed by atoms with E-state index in [0.717, 1.165) is 11.2 Å². The van der Waals surface area contributed by atoms with E-state index in [1.165, 1.54) is 5.39 Å². The van der Waals surface area contributed by atoms with Crippen molar-refractivity contribution < 1.29 is 4.79 Å². The highest BCUT2D eigenvalue weighted by Crippen LogP contribution is 2.17. The van der Waals surface area contributed by atoms with Crippen molar-refractivity contribution >= 4 is 16.8 Å². The minimum absolute atomic E-state index is 0.417. The number of nitrogens with zero attached hydrogens (tertiary/aromatic N) is 4. The van der Waals surface area contributed by atoms with Crippen molar-refractivity contribution in [1.82, 2.24) is 19.6 Å². The van der Waals surface area contributed by atoms with E-state index in [1.54, 1.807) is 22.9 Å². The summed E-state index contributed by atoms with van der Waals surface area (Å²) in [5, 5.41) is 9.53. The average molecular weight is 317 g/mol. The van der Waals surface area contributed by atoms with Crippen LogP contribution in [0.15, 0.2) is 67.0 Å². The highest BCUT2D eigenvalue weighted by molar-refractivity contribution is 5.96. The molecule has 0 saturated heterocycles.